The van der Waals surface area contributed by atoms with E-state index in [1.54, 1.807) is 14.2 Å². The predicted molar refractivity (Wildman–Crippen MR) is 89.0 cm³/mol. The van der Waals surface area contributed by atoms with Gasteiger partial charge < -0.3 is 19.7 Å². The number of anilines is 1. The minimum absolute atomic E-state index is 0.116. The lowest BCUT2D eigenvalue weighted by Crippen LogP contribution is -2.47. The van der Waals surface area contributed by atoms with Crippen molar-refractivity contribution in [2.24, 2.45) is 0 Å². The van der Waals surface area contributed by atoms with Gasteiger partial charge in [0.25, 0.3) is 5.91 Å². The van der Waals surface area contributed by atoms with Crippen molar-refractivity contribution >= 4 is 11.6 Å². The van der Waals surface area contributed by atoms with E-state index in [-0.39, 0.29) is 5.91 Å². The summed E-state index contributed by atoms with van der Waals surface area (Å²) in [5, 5.41) is 2.66. The van der Waals surface area contributed by atoms with Gasteiger partial charge in [-0.25, -0.2) is 0 Å². The van der Waals surface area contributed by atoms with Gasteiger partial charge in [-0.3, -0.25) is 4.79 Å². The maximum absolute atomic E-state index is 12.0. The lowest BCUT2D eigenvalue weighted by atomic mass is 10.1. The van der Waals surface area contributed by atoms with Crippen molar-refractivity contribution in [2.75, 3.05) is 25.6 Å². The van der Waals surface area contributed by atoms with Gasteiger partial charge in [0.05, 0.1) is 19.3 Å². The molecule has 0 saturated carbocycles. The van der Waals surface area contributed by atoms with E-state index in [0.717, 1.165) is 22.7 Å². The molecule has 1 atom stereocenters. The minimum Gasteiger partial charge on any atom is -0.497 e. The monoisotopic (exact) mass is 312 g/mol. The summed E-state index contributed by atoms with van der Waals surface area (Å²) in [6, 6.07) is 15.7. The van der Waals surface area contributed by atoms with Gasteiger partial charge in [-0.2, -0.15) is 0 Å². The molecule has 0 radical (unpaired) electrons. The number of ether oxygens (including phenoxy) is 2. The molecule has 5 nitrogen and oxygen atoms in total. The standard InChI is InChI=1S/C18H20N2O3/c1-19-18(21)17-12-20(15-8-3-4-9-16(15)23-17)11-13-6-5-7-14(10-13)22-2/h3-10,17H,11-12H2,1-2H3,(H,19,21)/t17-/m1/s1. The molecule has 0 fully saturated rings. The van der Waals surface area contributed by atoms with E-state index < -0.39 is 6.10 Å². The van der Waals surface area contributed by atoms with Crippen molar-refractivity contribution in [3.63, 3.8) is 0 Å². The number of nitrogens with zero attached hydrogens (tertiary/aromatic N) is 1. The SMILES string of the molecule is CNC(=O)[C@H]1CN(Cc2cccc(OC)c2)c2ccccc2O1. The van der Waals surface area contributed by atoms with Crippen LogP contribution in [0.1, 0.15) is 5.56 Å². The fourth-order valence-corrected chi connectivity index (χ4v) is 2.75. The van der Waals surface area contributed by atoms with Crippen molar-refractivity contribution in [1.29, 1.82) is 0 Å². The van der Waals surface area contributed by atoms with Crippen LogP contribution < -0.4 is 19.7 Å². The van der Waals surface area contributed by atoms with Gasteiger partial charge in [-0.05, 0) is 29.8 Å². The van der Waals surface area contributed by atoms with E-state index in [2.05, 4.69) is 16.3 Å². The number of nitrogens with one attached hydrogen (secondary N) is 1. The molecule has 120 valence electrons. The number of likely N-dealkylation sites (N-methyl/N-ethyl adjacent to an activating group) is 1. The van der Waals surface area contributed by atoms with Crippen molar-refractivity contribution in [2.45, 2.75) is 12.6 Å². The molecule has 0 unspecified atom stereocenters. The number of fused-ring (bicyclic) bond motifs is 1. The highest BCUT2D eigenvalue weighted by Crippen LogP contribution is 2.34. The summed E-state index contributed by atoms with van der Waals surface area (Å²) in [5.74, 6) is 1.44. The summed E-state index contributed by atoms with van der Waals surface area (Å²) in [5.41, 5.74) is 2.12. The Balaban J connectivity index is 1.88. The fourth-order valence-electron chi connectivity index (χ4n) is 2.75. The highest BCUT2D eigenvalue weighted by molar-refractivity contribution is 5.83. The first kappa shape index (κ1) is 15.2. The topological polar surface area (TPSA) is 50.8 Å². The Hall–Kier alpha value is -2.69. The molecule has 1 N–H and O–H groups in total. The largest absolute Gasteiger partial charge is 0.497 e. The number of carbonyl (C=O) groups excluding carboxylic acids is 1. The van der Waals surface area contributed by atoms with E-state index >= 15 is 0 Å². The zero-order valence-corrected chi connectivity index (χ0v) is 13.3. The number of hydrogen-bond donors (Lipinski definition) is 1. The molecule has 1 amide bonds. The summed E-state index contributed by atoms with van der Waals surface area (Å²) >= 11 is 0. The van der Waals surface area contributed by atoms with E-state index in [1.807, 2.05) is 42.5 Å². The molecule has 0 aliphatic carbocycles. The molecule has 0 spiro atoms. The van der Waals surface area contributed by atoms with Crippen molar-refractivity contribution in [3.05, 3.63) is 54.1 Å². The molecule has 1 aliphatic rings. The molecule has 0 bridgehead atoms. The van der Waals surface area contributed by atoms with Crippen LogP contribution in [0.3, 0.4) is 0 Å². The Morgan fingerprint density at radius 1 is 1.30 bits per heavy atom. The second-order valence-electron chi connectivity index (χ2n) is 5.42. The first-order valence-corrected chi connectivity index (χ1v) is 7.56. The molecule has 3 rings (SSSR count). The fraction of sp³-hybridized carbons (Fsp3) is 0.278. The molecular weight excluding hydrogens is 292 g/mol. The number of methoxy groups -OCH3 is 1. The number of para-hydroxylation sites is 2. The zero-order valence-electron chi connectivity index (χ0n) is 13.3. The van der Waals surface area contributed by atoms with Gasteiger partial charge in [0.15, 0.2) is 6.10 Å². The lowest BCUT2D eigenvalue weighted by Gasteiger charge is -2.35. The highest BCUT2D eigenvalue weighted by atomic mass is 16.5. The van der Waals surface area contributed by atoms with Crippen LogP contribution in [0.2, 0.25) is 0 Å². The van der Waals surface area contributed by atoms with E-state index in [9.17, 15) is 4.79 Å². The van der Waals surface area contributed by atoms with E-state index in [0.29, 0.717) is 13.1 Å². The molecule has 23 heavy (non-hydrogen) atoms. The molecule has 1 aliphatic heterocycles. The minimum atomic E-state index is -0.513. The number of carbonyl (C=O) groups is 1. The summed E-state index contributed by atoms with van der Waals surface area (Å²) in [4.78, 5) is 14.2. The van der Waals surface area contributed by atoms with Gasteiger partial charge in [0, 0.05) is 13.6 Å². The van der Waals surface area contributed by atoms with Crippen LogP contribution in [0.4, 0.5) is 5.69 Å². The first-order chi connectivity index (χ1) is 11.2. The number of rotatable bonds is 4. The molecule has 2 aromatic carbocycles. The summed E-state index contributed by atoms with van der Waals surface area (Å²) < 4.78 is 11.1. The second-order valence-corrected chi connectivity index (χ2v) is 5.42. The third-order valence-electron chi connectivity index (χ3n) is 3.91. The van der Waals surface area contributed by atoms with E-state index in [4.69, 9.17) is 9.47 Å². The van der Waals surface area contributed by atoms with Gasteiger partial charge >= 0.3 is 0 Å². The van der Waals surface area contributed by atoms with Gasteiger partial charge in [-0.15, -0.1) is 0 Å². The van der Waals surface area contributed by atoms with Crippen LogP contribution in [0, 0.1) is 0 Å². The second kappa shape index (κ2) is 6.60. The van der Waals surface area contributed by atoms with Crippen molar-refractivity contribution in [3.8, 4) is 11.5 Å². The zero-order chi connectivity index (χ0) is 16.2. The molecule has 0 saturated heterocycles. The van der Waals surface area contributed by atoms with Gasteiger partial charge in [0.1, 0.15) is 11.5 Å². The number of hydrogen-bond acceptors (Lipinski definition) is 4. The van der Waals surface area contributed by atoms with Crippen LogP contribution in [0.15, 0.2) is 48.5 Å². The normalized spacial score (nSPS) is 16.3. The van der Waals surface area contributed by atoms with Crippen LogP contribution >= 0.6 is 0 Å². The Morgan fingerprint density at radius 2 is 2.13 bits per heavy atom. The molecule has 5 heteroatoms. The van der Waals surface area contributed by atoms with Gasteiger partial charge in [-0.1, -0.05) is 24.3 Å². The number of benzene rings is 2. The average Bonchev–Trinajstić information content (AvgIpc) is 2.61. The van der Waals surface area contributed by atoms with Crippen LogP contribution in [-0.2, 0) is 11.3 Å². The Morgan fingerprint density at radius 3 is 2.91 bits per heavy atom. The van der Waals surface area contributed by atoms with Crippen LogP contribution in [0.25, 0.3) is 0 Å². The van der Waals surface area contributed by atoms with Crippen LogP contribution in [-0.4, -0.2) is 32.7 Å². The number of amides is 1. The molecule has 2 aromatic rings. The van der Waals surface area contributed by atoms with Crippen LogP contribution in [0.5, 0.6) is 11.5 Å². The van der Waals surface area contributed by atoms with Crippen molar-refractivity contribution in [1.82, 2.24) is 5.32 Å². The Bertz CT molecular complexity index is 702. The summed E-state index contributed by atoms with van der Waals surface area (Å²) in [6.45, 7) is 1.19. The quantitative estimate of drug-likeness (QED) is 0.940. The molecule has 1 heterocycles. The highest BCUT2D eigenvalue weighted by Gasteiger charge is 2.29. The summed E-state index contributed by atoms with van der Waals surface area (Å²) in [6.07, 6.45) is -0.513. The maximum atomic E-state index is 12.0. The smallest absolute Gasteiger partial charge is 0.262 e. The summed E-state index contributed by atoms with van der Waals surface area (Å²) in [7, 11) is 3.28. The Kier molecular flexibility index (Phi) is 4.37. The van der Waals surface area contributed by atoms with Gasteiger partial charge in [0.2, 0.25) is 0 Å². The predicted octanol–water partition coefficient (Wildman–Crippen LogP) is 2.21. The van der Waals surface area contributed by atoms with Crippen molar-refractivity contribution < 1.29 is 14.3 Å². The third kappa shape index (κ3) is 3.23. The Labute approximate surface area is 135 Å². The average molecular weight is 312 g/mol. The lowest BCUT2D eigenvalue weighted by molar-refractivity contribution is -0.127. The maximum Gasteiger partial charge on any atom is 0.262 e. The third-order valence-corrected chi connectivity index (χ3v) is 3.91. The van der Waals surface area contributed by atoms with E-state index in [1.165, 1.54) is 0 Å². The first-order valence-electron chi connectivity index (χ1n) is 7.56. The molecule has 0 aromatic heterocycles. The molecular formula is C18H20N2O3.